The highest BCUT2D eigenvalue weighted by molar-refractivity contribution is 5.93. The van der Waals surface area contributed by atoms with E-state index in [1.807, 2.05) is 26.0 Å². The minimum Gasteiger partial charge on any atom is -0.345 e. The van der Waals surface area contributed by atoms with Gasteiger partial charge in [-0.15, -0.1) is 0 Å². The predicted molar refractivity (Wildman–Crippen MR) is 71.6 cm³/mol. The van der Waals surface area contributed by atoms with Gasteiger partial charge in [0, 0.05) is 18.6 Å². The van der Waals surface area contributed by atoms with Gasteiger partial charge in [-0.05, 0) is 25.0 Å². The van der Waals surface area contributed by atoms with E-state index in [0.717, 1.165) is 11.3 Å². The molecule has 1 N–H and O–H groups in total. The van der Waals surface area contributed by atoms with Gasteiger partial charge in [0.15, 0.2) is 0 Å². The number of rotatable bonds is 4. The molecule has 5 nitrogen and oxygen atoms in total. The maximum absolute atomic E-state index is 12.1. The van der Waals surface area contributed by atoms with Crippen molar-refractivity contribution in [3.05, 3.63) is 53.4 Å². The third-order valence-electron chi connectivity index (χ3n) is 2.86. The Morgan fingerprint density at radius 1 is 1.16 bits per heavy atom. The van der Waals surface area contributed by atoms with Crippen LogP contribution in [0.5, 0.6) is 0 Å². The van der Waals surface area contributed by atoms with Crippen LogP contribution in [0, 0.1) is 6.92 Å². The summed E-state index contributed by atoms with van der Waals surface area (Å²) < 4.78 is 0. The first kappa shape index (κ1) is 13.1. The molecule has 2 aromatic heterocycles. The highest BCUT2D eigenvalue weighted by Gasteiger charge is 2.12. The van der Waals surface area contributed by atoms with E-state index in [2.05, 4.69) is 20.3 Å². The van der Waals surface area contributed by atoms with Gasteiger partial charge in [-0.25, -0.2) is 4.98 Å². The molecule has 0 aliphatic heterocycles. The predicted octanol–water partition coefficient (Wildman–Crippen LogP) is 1.67. The normalized spacial score (nSPS) is 10.2. The first-order valence-electron chi connectivity index (χ1n) is 6.21. The Hall–Kier alpha value is -2.30. The number of nitrogens with zero attached hydrogens (tertiary/aromatic N) is 3. The van der Waals surface area contributed by atoms with Gasteiger partial charge in [0.05, 0.1) is 17.9 Å². The SMILES string of the molecule is CCc1nccnc1C(=O)NCc1ncccc1C. The maximum Gasteiger partial charge on any atom is 0.272 e. The maximum atomic E-state index is 12.1. The minimum atomic E-state index is -0.213. The van der Waals surface area contributed by atoms with E-state index < -0.39 is 0 Å². The van der Waals surface area contributed by atoms with Gasteiger partial charge in [0.1, 0.15) is 5.69 Å². The van der Waals surface area contributed by atoms with Crippen molar-refractivity contribution in [2.75, 3.05) is 0 Å². The van der Waals surface area contributed by atoms with Crippen LogP contribution in [0.4, 0.5) is 0 Å². The van der Waals surface area contributed by atoms with Crippen LogP contribution in [0.2, 0.25) is 0 Å². The van der Waals surface area contributed by atoms with Crippen LogP contribution in [0.25, 0.3) is 0 Å². The number of carbonyl (C=O) groups excluding carboxylic acids is 1. The van der Waals surface area contributed by atoms with Crippen molar-refractivity contribution in [2.45, 2.75) is 26.8 Å². The number of carbonyl (C=O) groups is 1. The monoisotopic (exact) mass is 256 g/mol. The fourth-order valence-electron chi connectivity index (χ4n) is 1.77. The van der Waals surface area contributed by atoms with Crippen molar-refractivity contribution in [2.24, 2.45) is 0 Å². The molecule has 2 heterocycles. The van der Waals surface area contributed by atoms with Gasteiger partial charge in [-0.3, -0.25) is 14.8 Å². The fourth-order valence-corrected chi connectivity index (χ4v) is 1.77. The number of hydrogen-bond donors (Lipinski definition) is 1. The lowest BCUT2D eigenvalue weighted by molar-refractivity contribution is 0.0944. The Morgan fingerprint density at radius 3 is 2.63 bits per heavy atom. The zero-order chi connectivity index (χ0) is 13.7. The van der Waals surface area contributed by atoms with Gasteiger partial charge in [-0.1, -0.05) is 13.0 Å². The quantitative estimate of drug-likeness (QED) is 0.903. The van der Waals surface area contributed by atoms with E-state index >= 15 is 0 Å². The van der Waals surface area contributed by atoms with Crippen LogP contribution >= 0.6 is 0 Å². The van der Waals surface area contributed by atoms with Crippen molar-refractivity contribution < 1.29 is 4.79 Å². The van der Waals surface area contributed by atoms with Crippen molar-refractivity contribution in [3.8, 4) is 0 Å². The van der Waals surface area contributed by atoms with Crippen LogP contribution in [-0.4, -0.2) is 20.9 Å². The Balaban J connectivity index is 2.08. The Labute approximate surface area is 112 Å². The first-order valence-corrected chi connectivity index (χ1v) is 6.21. The Bertz CT molecular complexity index is 583. The third kappa shape index (κ3) is 3.13. The van der Waals surface area contributed by atoms with Crippen molar-refractivity contribution in [1.82, 2.24) is 20.3 Å². The summed E-state index contributed by atoms with van der Waals surface area (Å²) in [7, 11) is 0. The second-order valence-electron chi connectivity index (χ2n) is 4.15. The van der Waals surface area contributed by atoms with Gasteiger partial charge >= 0.3 is 0 Å². The second-order valence-corrected chi connectivity index (χ2v) is 4.15. The zero-order valence-corrected chi connectivity index (χ0v) is 11.1. The molecule has 0 aliphatic carbocycles. The van der Waals surface area contributed by atoms with E-state index in [1.54, 1.807) is 12.4 Å². The largest absolute Gasteiger partial charge is 0.345 e. The average molecular weight is 256 g/mol. The summed E-state index contributed by atoms with van der Waals surface area (Å²) in [6.07, 6.45) is 5.52. The molecular weight excluding hydrogens is 240 g/mol. The van der Waals surface area contributed by atoms with Crippen molar-refractivity contribution in [1.29, 1.82) is 0 Å². The number of hydrogen-bond acceptors (Lipinski definition) is 4. The number of nitrogens with one attached hydrogen (secondary N) is 1. The summed E-state index contributed by atoms with van der Waals surface area (Å²) in [6.45, 7) is 4.31. The van der Waals surface area contributed by atoms with Gasteiger partial charge in [0.2, 0.25) is 0 Å². The molecule has 0 radical (unpaired) electrons. The molecule has 19 heavy (non-hydrogen) atoms. The lowest BCUT2D eigenvalue weighted by Gasteiger charge is -2.08. The summed E-state index contributed by atoms with van der Waals surface area (Å²) in [5, 5.41) is 2.83. The van der Waals surface area contributed by atoms with Gasteiger partial charge in [-0.2, -0.15) is 0 Å². The van der Waals surface area contributed by atoms with Crippen LogP contribution in [-0.2, 0) is 13.0 Å². The molecule has 0 atom stereocenters. The number of aromatic nitrogens is 3. The third-order valence-corrected chi connectivity index (χ3v) is 2.86. The van der Waals surface area contributed by atoms with Crippen molar-refractivity contribution >= 4 is 5.91 Å². The number of aryl methyl sites for hydroxylation is 2. The molecule has 0 bridgehead atoms. The van der Waals surface area contributed by atoms with Crippen LogP contribution < -0.4 is 5.32 Å². The second kappa shape index (κ2) is 6.04. The van der Waals surface area contributed by atoms with Crippen LogP contribution in [0.1, 0.15) is 34.4 Å². The molecule has 0 saturated heterocycles. The number of amides is 1. The standard InChI is InChI=1S/C14H16N4O/c1-3-11-13(17-8-7-16-11)14(19)18-9-12-10(2)5-4-6-15-12/h4-8H,3,9H2,1-2H3,(H,18,19). The fraction of sp³-hybridized carbons (Fsp3) is 0.286. The Kier molecular flexibility index (Phi) is 4.18. The molecule has 0 spiro atoms. The highest BCUT2D eigenvalue weighted by atomic mass is 16.1. The van der Waals surface area contributed by atoms with E-state index in [1.165, 1.54) is 6.20 Å². The molecule has 0 saturated carbocycles. The van der Waals surface area contributed by atoms with Crippen LogP contribution in [0.3, 0.4) is 0 Å². The number of pyridine rings is 1. The van der Waals surface area contributed by atoms with Gasteiger partial charge in [0.25, 0.3) is 5.91 Å². The molecule has 2 rings (SSSR count). The lowest BCUT2D eigenvalue weighted by atomic mass is 10.2. The lowest BCUT2D eigenvalue weighted by Crippen LogP contribution is -2.26. The molecule has 98 valence electrons. The average Bonchev–Trinajstić information content (AvgIpc) is 2.46. The smallest absolute Gasteiger partial charge is 0.272 e. The molecule has 1 amide bonds. The van der Waals surface area contributed by atoms with E-state index in [-0.39, 0.29) is 5.91 Å². The molecule has 0 unspecified atom stereocenters. The summed E-state index contributed by atoms with van der Waals surface area (Å²) >= 11 is 0. The van der Waals surface area contributed by atoms with E-state index in [0.29, 0.717) is 24.4 Å². The minimum absolute atomic E-state index is 0.213. The first-order chi connectivity index (χ1) is 9.22. The van der Waals surface area contributed by atoms with E-state index in [4.69, 9.17) is 0 Å². The summed E-state index contributed by atoms with van der Waals surface area (Å²) in [5.41, 5.74) is 3.01. The molecule has 0 fully saturated rings. The molecule has 5 heteroatoms. The molecular formula is C14H16N4O. The topological polar surface area (TPSA) is 67.8 Å². The molecule has 2 aromatic rings. The van der Waals surface area contributed by atoms with Gasteiger partial charge < -0.3 is 5.32 Å². The van der Waals surface area contributed by atoms with Crippen molar-refractivity contribution in [3.63, 3.8) is 0 Å². The zero-order valence-electron chi connectivity index (χ0n) is 11.1. The molecule has 0 aliphatic rings. The molecule has 0 aromatic carbocycles. The Morgan fingerprint density at radius 2 is 1.89 bits per heavy atom. The summed E-state index contributed by atoms with van der Waals surface area (Å²) in [6, 6.07) is 3.84. The van der Waals surface area contributed by atoms with Crippen LogP contribution in [0.15, 0.2) is 30.7 Å². The summed E-state index contributed by atoms with van der Waals surface area (Å²) in [5.74, 6) is -0.213. The summed E-state index contributed by atoms with van der Waals surface area (Å²) in [4.78, 5) is 24.5. The highest BCUT2D eigenvalue weighted by Crippen LogP contribution is 2.05. The van der Waals surface area contributed by atoms with E-state index in [9.17, 15) is 4.79 Å².